The number of amides is 2. The molecule has 3 aromatic rings. The van der Waals surface area contributed by atoms with Gasteiger partial charge in [-0.15, -0.1) is 0 Å². The number of hydrogen-bond acceptors (Lipinski definition) is 5. The summed E-state index contributed by atoms with van der Waals surface area (Å²) in [5.74, 6) is -0.571. The standard InChI is InChI=1S/C34H39ClF3N3O5S/c1-4-31(33(43)39-25-8-6-5-7-9-25)40(21-24-12-15-27(46-3)16-13-24)32(42)22-41(47(44,45)28-17-10-23(2)11-18-28)26-14-19-30(35)29(20-26)34(36,37)38/h10-20,25,31H,4-9,21-22H2,1-3H3,(H,39,43)/t31-/m0/s1. The summed E-state index contributed by atoms with van der Waals surface area (Å²) in [6, 6.07) is 14.2. The lowest BCUT2D eigenvalue weighted by Gasteiger charge is -2.34. The van der Waals surface area contributed by atoms with E-state index in [0.717, 1.165) is 49.8 Å². The van der Waals surface area contributed by atoms with Crippen molar-refractivity contribution in [1.29, 1.82) is 0 Å². The number of alkyl halides is 3. The molecule has 0 saturated heterocycles. The molecule has 47 heavy (non-hydrogen) atoms. The zero-order valence-corrected chi connectivity index (χ0v) is 28.1. The van der Waals surface area contributed by atoms with E-state index in [2.05, 4.69) is 5.32 Å². The number of carbonyl (C=O) groups excluding carboxylic acids is 2. The van der Waals surface area contributed by atoms with Gasteiger partial charge in [0.25, 0.3) is 10.0 Å². The maximum absolute atomic E-state index is 14.3. The molecule has 1 fully saturated rings. The second-order valence-corrected chi connectivity index (χ2v) is 13.9. The van der Waals surface area contributed by atoms with Crippen LogP contribution in [0, 0.1) is 6.92 Å². The molecule has 8 nitrogen and oxygen atoms in total. The van der Waals surface area contributed by atoms with Crippen molar-refractivity contribution in [3.8, 4) is 5.75 Å². The summed E-state index contributed by atoms with van der Waals surface area (Å²) in [4.78, 5) is 29.1. The summed E-state index contributed by atoms with van der Waals surface area (Å²) >= 11 is 5.86. The summed E-state index contributed by atoms with van der Waals surface area (Å²) in [6.45, 7) is 2.56. The molecule has 0 spiro atoms. The minimum absolute atomic E-state index is 0.0449. The maximum atomic E-state index is 14.3. The Hall–Kier alpha value is -3.77. The molecule has 2 amide bonds. The van der Waals surface area contributed by atoms with E-state index in [-0.39, 0.29) is 29.8 Å². The van der Waals surface area contributed by atoms with Gasteiger partial charge in [0.1, 0.15) is 18.3 Å². The van der Waals surface area contributed by atoms with Crippen LogP contribution in [0.2, 0.25) is 5.02 Å². The fourth-order valence-corrected chi connectivity index (χ4v) is 7.27. The Kier molecular flexibility index (Phi) is 11.8. The molecular formula is C34H39ClF3N3O5S. The molecule has 0 aliphatic heterocycles. The van der Waals surface area contributed by atoms with Gasteiger partial charge in [0.05, 0.1) is 28.3 Å². The van der Waals surface area contributed by atoms with Gasteiger partial charge >= 0.3 is 6.18 Å². The summed E-state index contributed by atoms with van der Waals surface area (Å²) in [7, 11) is -3.06. The highest BCUT2D eigenvalue weighted by molar-refractivity contribution is 7.92. The monoisotopic (exact) mass is 693 g/mol. The van der Waals surface area contributed by atoms with Gasteiger partial charge in [0.2, 0.25) is 11.8 Å². The Balaban J connectivity index is 1.77. The highest BCUT2D eigenvalue weighted by Gasteiger charge is 2.37. The van der Waals surface area contributed by atoms with Gasteiger partial charge in [0, 0.05) is 12.6 Å². The van der Waals surface area contributed by atoms with Crippen LogP contribution in [0.4, 0.5) is 18.9 Å². The van der Waals surface area contributed by atoms with E-state index in [1.807, 2.05) is 0 Å². The number of nitrogens with zero attached hydrogens (tertiary/aromatic N) is 2. The SMILES string of the molecule is CC[C@@H](C(=O)NC1CCCCC1)N(Cc1ccc(OC)cc1)C(=O)CN(c1ccc(Cl)c(C(F)(F)F)c1)S(=O)(=O)c1ccc(C)cc1. The molecule has 4 rings (SSSR count). The van der Waals surface area contributed by atoms with Crippen molar-refractivity contribution in [3.63, 3.8) is 0 Å². The van der Waals surface area contributed by atoms with Gasteiger partial charge in [-0.3, -0.25) is 13.9 Å². The molecule has 0 unspecified atom stereocenters. The molecule has 13 heteroatoms. The topological polar surface area (TPSA) is 96.0 Å². The van der Waals surface area contributed by atoms with Gasteiger partial charge in [-0.25, -0.2) is 8.42 Å². The Bertz CT molecular complexity index is 1640. The second kappa shape index (κ2) is 15.4. The summed E-state index contributed by atoms with van der Waals surface area (Å²) < 4.78 is 75.7. The van der Waals surface area contributed by atoms with E-state index < -0.39 is 51.0 Å². The van der Waals surface area contributed by atoms with Crippen LogP contribution in [0.15, 0.2) is 71.6 Å². The number of methoxy groups -OCH3 is 1. The van der Waals surface area contributed by atoms with Crippen molar-refractivity contribution in [2.24, 2.45) is 0 Å². The smallest absolute Gasteiger partial charge is 0.417 e. The van der Waals surface area contributed by atoms with Gasteiger partial charge in [-0.2, -0.15) is 13.2 Å². The van der Waals surface area contributed by atoms with Crippen LogP contribution in [0.5, 0.6) is 5.75 Å². The molecule has 0 bridgehead atoms. The second-order valence-electron chi connectivity index (χ2n) is 11.6. The van der Waals surface area contributed by atoms with E-state index in [4.69, 9.17) is 16.3 Å². The van der Waals surface area contributed by atoms with E-state index in [9.17, 15) is 31.2 Å². The van der Waals surface area contributed by atoms with Crippen molar-refractivity contribution >= 4 is 39.1 Å². The number of halogens is 4. The van der Waals surface area contributed by atoms with E-state index in [1.165, 1.54) is 24.1 Å². The van der Waals surface area contributed by atoms with Gasteiger partial charge in [-0.1, -0.05) is 67.6 Å². The van der Waals surface area contributed by atoms with Crippen molar-refractivity contribution < 1.29 is 35.9 Å². The minimum Gasteiger partial charge on any atom is -0.497 e. The molecule has 0 heterocycles. The lowest BCUT2D eigenvalue weighted by molar-refractivity contribution is -0.140. The third-order valence-electron chi connectivity index (χ3n) is 8.28. The molecule has 1 N–H and O–H groups in total. The Morgan fingerprint density at radius 3 is 2.21 bits per heavy atom. The average Bonchev–Trinajstić information content (AvgIpc) is 3.04. The number of hydrogen-bond donors (Lipinski definition) is 1. The largest absolute Gasteiger partial charge is 0.497 e. The molecule has 1 aliphatic carbocycles. The van der Waals surface area contributed by atoms with Crippen LogP contribution in [-0.4, -0.2) is 50.9 Å². The summed E-state index contributed by atoms with van der Waals surface area (Å²) in [5.41, 5.74) is -0.249. The maximum Gasteiger partial charge on any atom is 0.417 e. The predicted molar refractivity (Wildman–Crippen MR) is 175 cm³/mol. The summed E-state index contributed by atoms with van der Waals surface area (Å²) in [5, 5.41) is 2.44. The van der Waals surface area contributed by atoms with E-state index in [0.29, 0.717) is 21.7 Å². The van der Waals surface area contributed by atoms with Crippen LogP contribution in [0.3, 0.4) is 0 Å². The number of aryl methyl sites for hydroxylation is 1. The molecule has 1 atom stereocenters. The molecule has 3 aromatic carbocycles. The number of carbonyl (C=O) groups is 2. The zero-order chi connectivity index (χ0) is 34.4. The molecule has 1 aliphatic rings. The third-order valence-corrected chi connectivity index (χ3v) is 10.4. The number of benzene rings is 3. The van der Waals surface area contributed by atoms with Crippen LogP contribution in [0.1, 0.15) is 62.1 Å². The Morgan fingerprint density at radius 2 is 1.64 bits per heavy atom. The minimum atomic E-state index is -4.89. The molecular weight excluding hydrogens is 655 g/mol. The summed E-state index contributed by atoms with van der Waals surface area (Å²) in [6.07, 6.45) is -0.0139. The first kappa shape index (κ1) is 36.1. The first-order chi connectivity index (χ1) is 22.2. The van der Waals surface area contributed by atoms with E-state index in [1.54, 1.807) is 50.2 Å². The predicted octanol–water partition coefficient (Wildman–Crippen LogP) is 7.13. The van der Waals surface area contributed by atoms with Gasteiger partial charge in [-0.05, 0) is 74.2 Å². The molecule has 1 saturated carbocycles. The molecule has 254 valence electrons. The number of sulfonamides is 1. The lowest BCUT2D eigenvalue weighted by Crippen LogP contribution is -2.54. The highest BCUT2D eigenvalue weighted by Crippen LogP contribution is 2.38. The quantitative estimate of drug-likeness (QED) is 0.218. The van der Waals surface area contributed by atoms with Crippen LogP contribution in [-0.2, 0) is 32.3 Å². The number of rotatable bonds is 12. The normalized spacial score (nSPS) is 14.7. The Morgan fingerprint density at radius 1 is 1.00 bits per heavy atom. The van der Waals surface area contributed by atoms with Crippen molar-refractivity contribution in [1.82, 2.24) is 10.2 Å². The number of ether oxygens (including phenoxy) is 1. The fourth-order valence-electron chi connectivity index (χ4n) is 5.64. The zero-order valence-electron chi connectivity index (χ0n) is 26.5. The lowest BCUT2D eigenvalue weighted by atomic mass is 9.95. The van der Waals surface area contributed by atoms with Crippen molar-refractivity contribution in [2.75, 3.05) is 18.0 Å². The number of nitrogens with one attached hydrogen (secondary N) is 1. The molecule has 0 aromatic heterocycles. The first-order valence-electron chi connectivity index (χ1n) is 15.4. The van der Waals surface area contributed by atoms with Crippen molar-refractivity contribution in [2.45, 2.75) is 82.1 Å². The Labute approximate surface area is 278 Å². The number of anilines is 1. The van der Waals surface area contributed by atoms with Crippen LogP contribution >= 0.6 is 11.6 Å². The molecule has 0 radical (unpaired) electrons. The van der Waals surface area contributed by atoms with Gasteiger partial charge < -0.3 is 15.0 Å². The highest BCUT2D eigenvalue weighted by atomic mass is 35.5. The van der Waals surface area contributed by atoms with Crippen LogP contribution in [0.25, 0.3) is 0 Å². The van der Waals surface area contributed by atoms with E-state index >= 15 is 0 Å². The van der Waals surface area contributed by atoms with Crippen LogP contribution < -0.4 is 14.4 Å². The fraction of sp³-hybridized carbons (Fsp3) is 0.412. The first-order valence-corrected chi connectivity index (χ1v) is 17.2. The average molecular weight is 694 g/mol. The van der Waals surface area contributed by atoms with Gasteiger partial charge in [0.15, 0.2) is 0 Å². The third kappa shape index (κ3) is 8.98. The van der Waals surface area contributed by atoms with Crippen molar-refractivity contribution in [3.05, 3.63) is 88.4 Å².